The molecule has 1 nitrogen and oxygen atoms in total. The molecule has 0 saturated heterocycles. The molecule has 0 N–H and O–H groups in total. The number of hydrogen-bond acceptors (Lipinski definition) is 1. The fourth-order valence-corrected chi connectivity index (χ4v) is 5.76. The Labute approximate surface area is 297 Å². The lowest BCUT2D eigenvalue weighted by molar-refractivity contribution is 0.172. The van der Waals surface area contributed by atoms with E-state index in [1.807, 2.05) is 6.26 Å². The van der Waals surface area contributed by atoms with Crippen molar-refractivity contribution in [1.29, 1.82) is 0 Å². The van der Waals surface area contributed by atoms with Crippen molar-refractivity contribution in [2.24, 2.45) is 17.3 Å². The summed E-state index contributed by atoms with van der Waals surface area (Å²) < 4.78 is 6.14. The second kappa shape index (κ2) is 35.8. The van der Waals surface area contributed by atoms with Gasteiger partial charge in [-0.3, -0.25) is 0 Å². The Morgan fingerprint density at radius 3 is 1.21 bits per heavy atom. The maximum atomic E-state index is 6.14. The average Bonchev–Trinajstić information content (AvgIpc) is 3.05. The Balaban J connectivity index is 4.10. The first-order valence-corrected chi connectivity index (χ1v) is 20.8. The number of rotatable bonds is 35. The number of allylic oxidation sites excluding steroid dienone is 9. The van der Waals surface area contributed by atoms with Crippen LogP contribution in [0.2, 0.25) is 0 Å². The van der Waals surface area contributed by atoms with Crippen molar-refractivity contribution >= 4 is 0 Å². The molecule has 0 amide bonds. The molecule has 0 aromatic rings. The second-order valence-corrected chi connectivity index (χ2v) is 15.2. The zero-order valence-corrected chi connectivity index (χ0v) is 32.9. The van der Waals surface area contributed by atoms with Crippen LogP contribution in [0.4, 0.5) is 0 Å². The molecule has 0 spiro atoms. The molecule has 0 aromatic heterocycles. The van der Waals surface area contributed by atoms with E-state index in [0.717, 1.165) is 19.4 Å². The zero-order chi connectivity index (χ0) is 34.5. The molecule has 0 rings (SSSR count). The molecule has 0 aromatic carbocycles. The van der Waals surface area contributed by atoms with E-state index in [2.05, 4.69) is 96.2 Å². The first-order valence-electron chi connectivity index (χ1n) is 20.8. The van der Waals surface area contributed by atoms with Crippen LogP contribution in [-0.4, -0.2) is 6.61 Å². The summed E-state index contributed by atoms with van der Waals surface area (Å²) in [4.78, 5) is 0. The van der Waals surface area contributed by atoms with Gasteiger partial charge in [-0.2, -0.15) is 0 Å². The molecule has 47 heavy (non-hydrogen) atoms. The van der Waals surface area contributed by atoms with Gasteiger partial charge in [0.1, 0.15) is 0 Å². The summed E-state index contributed by atoms with van der Waals surface area (Å²) in [5.41, 5.74) is 0.191. The maximum absolute atomic E-state index is 6.14. The minimum absolute atomic E-state index is 0.191. The summed E-state index contributed by atoms with van der Waals surface area (Å²) in [6.45, 7) is 14.6. The molecule has 274 valence electrons. The van der Waals surface area contributed by atoms with Crippen LogP contribution < -0.4 is 0 Å². The highest BCUT2D eigenvalue weighted by Crippen LogP contribution is 2.28. The molecular formula is C46H84O. The van der Waals surface area contributed by atoms with Crippen molar-refractivity contribution in [2.45, 2.75) is 208 Å². The van der Waals surface area contributed by atoms with Gasteiger partial charge in [0.2, 0.25) is 0 Å². The summed E-state index contributed by atoms with van der Waals surface area (Å²) in [6.07, 6.45) is 57.6. The van der Waals surface area contributed by atoms with Crippen LogP contribution >= 0.6 is 0 Å². The van der Waals surface area contributed by atoms with E-state index < -0.39 is 0 Å². The van der Waals surface area contributed by atoms with Crippen LogP contribution in [0.5, 0.6) is 0 Å². The molecule has 0 aliphatic heterocycles. The van der Waals surface area contributed by atoms with E-state index in [9.17, 15) is 0 Å². The Hall–Kier alpha value is -1.50. The van der Waals surface area contributed by atoms with E-state index in [0.29, 0.717) is 11.8 Å². The van der Waals surface area contributed by atoms with Crippen molar-refractivity contribution in [3.05, 3.63) is 60.9 Å². The monoisotopic (exact) mass is 653 g/mol. The van der Waals surface area contributed by atoms with Crippen LogP contribution in [0.3, 0.4) is 0 Å². The predicted molar refractivity (Wildman–Crippen MR) is 215 cm³/mol. The van der Waals surface area contributed by atoms with Crippen LogP contribution in [0, 0.1) is 17.3 Å². The summed E-state index contributed by atoms with van der Waals surface area (Å²) in [5, 5.41) is 0. The van der Waals surface area contributed by atoms with Gasteiger partial charge >= 0.3 is 0 Å². The Kier molecular flexibility index (Phi) is 34.7. The molecular weight excluding hydrogens is 569 g/mol. The second-order valence-electron chi connectivity index (χ2n) is 15.2. The molecule has 0 aliphatic carbocycles. The molecule has 0 fully saturated rings. The fraction of sp³-hybridized carbons (Fsp3) is 0.783. The third kappa shape index (κ3) is 34.2. The highest BCUT2D eigenvalue weighted by Gasteiger charge is 2.18. The Morgan fingerprint density at radius 2 is 0.830 bits per heavy atom. The molecule has 0 heterocycles. The summed E-state index contributed by atoms with van der Waals surface area (Å²) in [5.74, 6) is 1.33. The van der Waals surface area contributed by atoms with Gasteiger partial charge in [-0.25, -0.2) is 0 Å². The van der Waals surface area contributed by atoms with Gasteiger partial charge in [0, 0.05) is 0 Å². The molecule has 0 radical (unpaired) electrons. The van der Waals surface area contributed by atoms with Gasteiger partial charge < -0.3 is 4.74 Å². The Bertz CT molecular complexity index is 716. The first-order chi connectivity index (χ1) is 22.9. The van der Waals surface area contributed by atoms with Gasteiger partial charge in [0.05, 0.1) is 12.9 Å². The van der Waals surface area contributed by atoms with Gasteiger partial charge in [-0.05, 0) is 100 Å². The molecule has 1 heteroatoms. The lowest BCUT2D eigenvalue weighted by Crippen LogP contribution is -2.16. The number of unbranched alkanes of at least 4 members (excludes halogenated alkanes) is 18. The average molecular weight is 653 g/mol. The summed E-state index contributed by atoms with van der Waals surface area (Å²) in [7, 11) is 0. The summed E-state index contributed by atoms with van der Waals surface area (Å²) >= 11 is 0. The van der Waals surface area contributed by atoms with Crippen molar-refractivity contribution in [2.75, 3.05) is 6.61 Å². The van der Waals surface area contributed by atoms with E-state index >= 15 is 0 Å². The van der Waals surface area contributed by atoms with Crippen LogP contribution in [0.15, 0.2) is 60.9 Å². The highest BCUT2D eigenvalue weighted by molar-refractivity contribution is 4.94. The fourth-order valence-electron chi connectivity index (χ4n) is 5.76. The molecule has 0 aliphatic rings. The number of hydrogen-bond donors (Lipinski definition) is 0. The lowest BCUT2D eigenvalue weighted by atomic mass is 9.81. The maximum Gasteiger partial charge on any atom is 0.0901 e. The highest BCUT2D eigenvalue weighted by atomic mass is 16.5. The standard InChI is InChI=1S/C46H84O/c1-7-9-11-13-15-17-19-21-23-25-27-29-31-33-35-37-39-45(43-47-42-41-46(5,6)44(3)4)40-38-36-34-32-30-28-26-24-22-20-18-16-14-12-10-8-2/h15-18,21-24,41-42,44-45H,7-14,19-20,25-40,43H2,1-6H3/b17-15-,18-16-,23-21-,24-22-,42-41+. The van der Waals surface area contributed by atoms with E-state index in [-0.39, 0.29) is 5.41 Å². The van der Waals surface area contributed by atoms with Gasteiger partial charge in [0.15, 0.2) is 0 Å². The molecule has 0 atom stereocenters. The molecule has 0 unspecified atom stereocenters. The molecule has 0 bridgehead atoms. The summed E-state index contributed by atoms with van der Waals surface area (Å²) in [6, 6.07) is 0. The minimum atomic E-state index is 0.191. The predicted octanol–water partition coefficient (Wildman–Crippen LogP) is 16.2. The van der Waals surface area contributed by atoms with Crippen molar-refractivity contribution in [3.8, 4) is 0 Å². The van der Waals surface area contributed by atoms with E-state index in [1.165, 1.54) is 154 Å². The third-order valence-electron chi connectivity index (χ3n) is 10.0. The van der Waals surface area contributed by atoms with Crippen LogP contribution in [0.1, 0.15) is 208 Å². The SMILES string of the molecule is CCCCC/C=C\C/C=C\CCCCCCCCC(CCCCCCCC/C=C\C/C=C\CCCCC)CO/C=C/C(C)(C)C(C)C. The Morgan fingerprint density at radius 1 is 0.468 bits per heavy atom. The van der Waals surface area contributed by atoms with E-state index in [4.69, 9.17) is 4.74 Å². The first kappa shape index (κ1) is 45.5. The topological polar surface area (TPSA) is 9.23 Å². The van der Waals surface area contributed by atoms with E-state index in [1.54, 1.807) is 0 Å². The van der Waals surface area contributed by atoms with Gasteiger partial charge in [-0.1, -0.05) is 180 Å². The van der Waals surface area contributed by atoms with Crippen molar-refractivity contribution in [1.82, 2.24) is 0 Å². The molecule has 0 saturated carbocycles. The smallest absolute Gasteiger partial charge is 0.0901 e. The normalized spacial score (nSPS) is 13.0. The minimum Gasteiger partial charge on any atom is -0.501 e. The van der Waals surface area contributed by atoms with Crippen molar-refractivity contribution < 1.29 is 4.74 Å². The largest absolute Gasteiger partial charge is 0.501 e. The zero-order valence-electron chi connectivity index (χ0n) is 32.9. The van der Waals surface area contributed by atoms with Gasteiger partial charge in [0.25, 0.3) is 0 Å². The van der Waals surface area contributed by atoms with Crippen LogP contribution in [0.25, 0.3) is 0 Å². The van der Waals surface area contributed by atoms with Gasteiger partial charge in [-0.15, -0.1) is 0 Å². The number of ether oxygens (including phenoxy) is 1. The third-order valence-corrected chi connectivity index (χ3v) is 10.0. The quantitative estimate of drug-likeness (QED) is 0.0376. The van der Waals surface area contributed by atoms with Crippen molar-refractivity contribution in [3.63, 3.8) is 0 Å². The lowest BCUT2D eigenvalue weighted by Gasteiger charge is -2.25. The van der Waals surface area contributed by atoms with Crippen LogP contribution in [-0.2, 0) is 4.74 Å².